The summed E-state index contributed by atoms with van der Waals surface area (Å²) in [6, 6.07) is 23.3. The molecule has 6 rings (SSSR count). The van der Waals surface area contributed by atoms with Crippen molar-refractivity contribution in [2.45, 2.75) is 27.2 Å². The summed E-state index contributed by atoms with van der Waals surface area (Å²) in [7, 11) is 3.26. The summed E-state index contributed by atoms with van der Waals surface area (Å²) in [5.74, 6) is 0.397. The van der Waals surface area contributed by atoms with Gasteiger partial charge in [0.2, 0.25) is 0 Å². The molecule has 0 aliphatic carbocycles. The van der Waals surface area contributed by atoms with Gasteiger partial charge in [0, 0.05) is 46.8 Å². The van der Waals surface area contributed by atoms with Gasteiger partial charge in [0.25, 0.3) is 0 Å². The van der Waals surface area contributed by atoms with Crippen molar-refractivity contribution >= 4 is 22.3 Å². The van der Waals surface area contributed by atoms with Crippen molar-refractivity contribution < 1.29 is 18.3 Å². The summed E-state index contributed by atoms with van der Waals surface area (Å²) >= 11 is 0. The standard InChI is InChI=1S/C38H34F2N4O2/c1-22(2)16-24-13-14-27(34(17-24)46-5)25-18-32(38(42-21-25)28-10-6-7-12-33(28)45-4)44-37-23(3)36(30-11-8-9-15-41-30)43-31-20-26(39)19-29(40)35(31)37/h6-15,17-22H,16H2,1-5H3,(H,43,44). The number of aromatic nitrogens is 3. The first-order valence-corrected chi connectivity index (χ1v) is 15.1. The first-order chi connectivity index (χ1) is 22.3. The van der Waals surface area contributed by atoms with Crippen LogP contribution in [0.1, 0.15) is 25.0 Å². The fourth-order valence-electron chi connectivity index (χ4n) is 5.78. The lowest BCUT2D eigenvalue weighted by Crippen LogP contribution is -2.04. The number of pyridine rings is 3. The molecule has 3 aromatic carbocycles. The third-order valence-corrected chi connectivity index (χ3v) is 7.88. The van der Waals surface area contributed by atoms with Crippen molar-refractivity contribution in [3.05, 3.63) is 114 Å². The second kappa shape index (κ2) is 12.9. The maximum atomic E-state index is 15.6. The number of halogens is 2. The van der Waals surface area contributed by atoms with Gasteiger partial charge in [-0.3, -0.25) is 9.97 Å². The molecule has 46 heavy (non-hydrogen) atoms. The molecule has 3 heterocycles. The van der Waals surface area contributed by atoms with Crippen molar-refractivity contribution in [3.8, 4) is 45.3 Å². The zero-order valence-corrected chi connectivity index (χ0v) is 26.4. The third-order valence-electron chi connectivity index (χ3n) is 7.88. The number of hydrogen-bond acceptors (Lipinski definition) is 6. The number of para-hydroxylation sites is 1. The molecule has 0 fully saturated rings. The molecule has 0 amide bonds. The van der Waals surface area contributed by atoms with Gasteiger partial charge >= 0.3 is 0 Å². The third kappa shape index (κ3) is 5.98. The number of hydrogen-bond donors (Lipinski definition) is 1. The van der Waals surface area contributed by atoms with E-state index in [0.29, 0.717) is 45.7 Å². The van der Waals surface area contributed by atoms with Gasteiger partial charge in [-0.05, 0) is 61.2 Å². The van der Waals surface area contributed by atoms with Crippen LogP contribution in [0.15, 0.2) is 91.3 Å². The van der Waals surface area contributed by atoms with E-state index in [2.05, 4.69) is 41.3 Å². The Morgan fingerprint density at radius 2 is 1.59 bits per heavy atom. The topological polar surface area (TPSA) is 69.2 Å². The van der Waals surface area contributed by atoms with Crippen molar-refractivity contribution in [2.75, 3.05) is 19.5 Å². The van der Waals surface area contributed by atoms with Crippen LogP contribution in [0.3, 0.4) is 0 Å². The largest absolute Gasteiger partial charge is 0.496 e. The smallest absolute Gasteiger partial charge is 0.137 e. The average molecular weight is 617 g/mol. The number of anilines is 2. The number of benzene rings is 3. The number of rotatable bonds is 9. The molecule has 1 N–H and O–H groups in total. The highest BCUT2D eigenvalue weighted by Crippen LogP contribution is 2.42. The maximum absolute atomic E-state index is 15.6. The Labute approximate surface area is 267 Å². The monoisotopic (exact) mass is 616 g/mol. The zero-order chi connectivity index (χ0) is 32.4. The fourth-order valence-corrected chi connectivity index (χ4v) is 5.78. The highest BCUT2D eigenvalue weighted by Gasteiger charge is 2.22. The van der Waals surface area contributed by atoms with Crippen LogP contribution in [0.25, 0.3) is 44.7 Å². The molecule has 6 nitrogen and oxygen atoms in total. The Morgan fingerprint density at radius 3 is 2.33 bits per heavy atom. The summed E-state index contributed by atoms with van der Waals surface area (Å²) in [6.45, 7) is 6.21. The van der Waals surface area contributed by atoms with E-state index in [-0.39, 0.29) is 10.9 Å². The van der Waals surface area contributed by atoms with Crippen LogP contribution >= 0.6 is 0 Å². The molecule has 0 atom stereocenters. The highest BCUT2D eigenvalue weighted by molar-refractivity contribution is 6.00. The lowest BCUT2D eigenvalue weighted by molar-refractivity contribution is 0.415. The minimum atomic E-state index is -0.731. The predicted octanol–water partition coefficient (Wildman–Crippen LogP) is 9.57. The molecule has 6 aromatic rings. The van der Waals surface area contributed by atoms with E-state index < -0.39 is 11.6 Å². The predicted molar refractivity (Wildman–Crippen MR) is 180 cm³/mol. The maximum Gasteiger partial charge on any atom is 0.137 e. The lowest BCUT2D eigenvalue weighted by Gasteiger charge is -2.20. The minimum absolute atomic E-state index is 0.158. The van der Waals surface area contributed by atoms with Crippen molar-refractivity contribution in [1.29, 1.82) is 0 Å². The van der Waals surface area contributed by atoms with Crippen molar-refractivity contribution in [3.63, 3.8) is 0 Å². The van der Waals surface area contributed by atoms with Gasteiger partial charge in [0.1, 0.15) is 23.1 Å². The molecule has 0 saturated carbocycles. The molecular weight excluding hydrogens is 582 g/mol. The molecule has 0 aliphatic rings. The summed E-state index contributed by atoms with van der Waals surface area (Å²) in [5, 5.41) is 3.66. The minimum Gasteiger partial charge on any atom is -0.496 e. The Morgan fingerprint density at radius 1 is 0.804 bits per heavy atom. The summed E-state index contributed by atoms with van der Waals surface area (Å²) in [6.07, 6.45) is 4.38. The van der Waals surface area contributed by atoms with Crippen LogP contribution in [-0.4, -0.2) is 29.2 Å². The van der Waals surface area contributed by atoms with Crippen LogP contribution in [0.2, 0.25) is 0 Å². The highest BCUT2D eigenvalue weighted by atomic mass is 19.1. The van der Waals surface area contributed by atoms with E-state index in [1.54, 1.807) is 32.7 Å². The quantitative estimate of drug-likeness (QED) is 0.174. The van der Waals surface area contributed by atoms with Crippen molar-refractivity contribution in [2.24, 2.45) is 5.92 Å². The Bertz CT molecular complexity index is 2050. The van der Waals surface area contributed by atoms with Gasteiger partial charge in [-0.15, -0.1) is 0 Å². The SMILES string of the molecule is COc1cc(CC(C)C)ccc1-c1cnc(-c2ccccc2OC)c(Nc2c(C)c(-c3ccccn3)nc3cc(F)cc(F)c23)c1. The summed E-state index contributed by atoms with van der Waals surface area (Å²) < 4.78 is 41.7. The summed E-state index contributed by atoms with van der Waals surface area (Å²) in [4.78, 5) is 14.1. The van der Waals surface area contributed by atoms with Crippen LogP contribution < -0.4 is 14.8 Å². The molecule has 0 aliphatic heterocycles. The number of ether oxygens (including phenoxy) is 2. The van der Waals surface area contributed by atoms with Crippen LogP contribution in [0.4, 0.5) is 20.2 Å². The van der Waals surface area contributed by atoms with Gasteiger partial charge in [0.05, 0.1) is 53.6 Å². The van der Waals surface area contributed by atoms with E-state index in [4.69, 9.17) is 14.5 Å². The van der Waals surface area contributed by atoms with Crippen LogP contribution in [-0.2, 0) is 6.42 Å². The molecule has 232 valence electrons. The van der Waals surface area contributed by atoms with Gasteiger partial charge < -0.3 is 14.8 Å². The van der Waals surface area contributed by atoms with Gasteiger partial charge in [-0.1, -0.05) is 44.2 Å². The molecule has 0 unspecified atom stereocenters. The zero-order valence-electron chi connectivity index (χ0n) is 26.4. The number of nitrogens with zero attached hydrogens (tertiary/aromatic N) is 3. The fraction of sp³-hybridized carbons (Fsp3) is 0.184. The number of nitrogens with one attached hydrogen (secondary N) is 1. The van der Waals surface area contributed by atoms with Gasteiger partial charge in [-0.25, -0.2) is 13.8 Å². The first kappa shape index (κ1) is 30.6. The molecule has 0 spiro atoms. The van der Waals surface area contributed by atoms with Crippen LogP contribution in [0.5, 0.6) is 11.5 Å². The van der Waals surface area contributed by atoms with Gasteiger partial charge in [-0.2, -0.15) is 0 Å². The van der Waals surface area contributed by atoms with E-state index in [1.807, 2.05) is 55.5 Å². The molecule has 8 heteroatoms. The molecule has 0 bridgehead atoms. The Kier molecular flexibility index (Phi) is 8.61. The Hall–Kier alpha value is -5.37. The van der Waals surface area contributed by atoms with E-state index in [9.17, 15) is 4.39 Å². The second-order valence-corrected chi connectivity index (χ2v) is 11.5. The molecular formula is C38H34F2N4O2. The Balaban J connectivity index is 1.60. The molecule has 3 aromatic heterocycles. The van der Waals surface area contributed by atoms with Crippen LogP contribution in [0, 0.1) is 24.5 Å². The second-order valence-electron chi connectivity index (χ2n) is 11.5. The van der Waals surface area contributed by atoms with E-state index >= 15 is 4.39 Å². The van der Waals surface area contributed by atoms with E-state index in [0.717, 1.165) is 34.9 Å². The molecule has 0 saturated heterocycles. The normalized spacial score (nSPS) is 11.2. The molecule has 0 radical (unpaired) electrons. The number of fused-ring (bicyclic) bond motifs is 1. The van der Waals surface area contributed by atoms with E-state index in [1.165, 1.54) is 11.6 Å². The van der Waals surface area contributed by atoms with Crippen molar-refractivity contribution in [1.82, 2.24) is 15.0 Å². The lowest BCUT2D eigenvalue weighted by atomic mass is 9.97. The van der Waals surface area contributed by atoms with Gasteiger partial charge in [0.15, 0.2) is 0 Å². The number of methoxy groups -OCH3 is 2. The average Bonchev–Trinajstić information content (AvgIpc) is 3.05. The first-order valence-electron chi connectivity index (χ1n) is 15.1. The summed E-state index contributed by atoms with van der Waals surface area (Å²) in [5.41, 5.74) is 7.06.